The Bertz CT molecular complexity index is 976. The van der Waals surface area contributed by atoms with Gasteiger partial charge in [-0.2, -0.15) is 23.3 Å². The molecule has 1 fully saturated rings. The van der Waals surface area contributed by atoms with E-state index in [0.29, 0.717) is 10.3 Å². The molecule has 3 rings (SSSR count). The predicted octanol–water partition coefficient (Wildman–Crippen LogP) is 1.61. The molecule has 142 valence electrons. The molecule has 1 aliphatic rings. The van der Waals surface area contributed by atoms with E-state index in [1.54, 1.807) is 7.05 Å². The van der Waals surface area contributed by atoms with Gasteiger partial charge in [0, 0.05) is 25.4 Å². The molecule has 0 unspecified atom stereocenters. The standard InChI is InChI=1S/C14H16F3N5O3S/c1-21-7-10(12(19-21)9-3-2-4-9)26(24,25)20-11-5-6-22(13(23)18-11)8-14(15,16)17/h5-7,9H,2-4,8H2,1H3,(H,18,20,23). The summed E-state index contributed by atoms with van der Waals surface area (Å²) in [6.45, 7) is -1.50. The molecule has 1 saturated carbocycles. The number of aryl methyl sites for hydroxylation is 1. The molecular weight excluding hydrogens is 375 g/mol. The summed E-state index contributed by atoms with van der Waals surface area (Å²) >= 11 is 0. The number of halogens is 3. The van der Waals surface area contributed by atoms with E-state index in [1.807, 2.05) is 0 Å². The number of hydrogen-bond acceptors (Lipinski definition) is 5. The molecule has 8 nitrogen and oxygen atoms in total. The molecule has 0 amide bonds. The summed E-state index contributed by atoms with van der Waals surface area (Å²) in [6.07, 6.45) is 0.279. The van der Waals surface area contributed by atoms with Crippen LogP contribution in [0.5, 0.6) is 0 Å². The summed E-state index contributed by atoms with van der Waals surface area (Å²) in [5, 5.41) is 4.20. The Balaban J connectivity index is 1.86. The van der Waals surface area contributed by atoms with E-state index in [0.717, 1.165) is 31.5 Å². The topological polar surface area (TPSA) is 98.9 Å². The second kappa shape index (κ2) is 6.41. The summed E-state index contributed by atoms with van der Waals surface area (Å²) in [5.74, 6) is -0.299. The van der Waals surface area contributed by atoms with Crippen LogP contribution in [0.25, 0.3) is 0 Å². The fraction of sp³-hybridized carbons (Fsp3) is 0.500. The van der Waals surface area contributed by atoms with Gasteiger partial charge in [0.2, 0.25) is 0 Å². The maximum Gasteiger partial charge on any atom is 0.406 e. The number of hydrogen-bond donors (Lipinski definition) is 1. The highest BCUT2D eigenvalue weighted by Gasteiger charge is 2.31. The molecule has 2 aromatic rings. The van der Waals surface area contributed by atoms with Crippen molar-refractivity contribution in [3.63, 3.8) is 0 Å². The lowest BCUT2D eigenvalue weighted by Gasteiger charge is -2.24. The summed E-state index contributed by atoms with van der Waals surface area (Å²) in [5.41, 5.74) is -0.760. The molecular formula is C14H16F3N5O3S. The van der Waals surface area contributed by atoms with Crippen molar-refractivity contribution in [3.05, 3.63) is 34.6 Å². The van der Waals surface area contributed by atoms with E-state index in [2.05, 4.69) is 14.8 Å². The van der Waals surface area contributed by atoms with E-state index in [4.69, 9.17) is 0 Å². The number of sulfonamides is 1. The molecule has 12 heteroatoms. The smallest absolute Gasteiger partial charge is 0.290 e. The van der Waals surface area contributed by atoms with Crippen LogP contribution in [-0.2, 0) is 23.6 Å². The summed E-state index contributed by atoms with van der Waals surface area (Å²) in [4.78, 5) is 15.0. The number of rotatable bonds is 5. The number of aromatic nitrogens is 4. The highest BCUT2D eigenvalue weighted by Crippen LogP contribution is 2.38. The van der Waals surface area contributed by atoms with Gasteiger partial charge in [0.05, 0.1) is 5.69 Å². The van der Waals surface area contributed by atoms with E-state index in [-0.39, 0.29) is 16.6 Å². The normalized spacial score (nSPS) is 15.7. The lowest BCUT2D eigenvalue weighted by Crippen LogP contribution is -2.30. The van der Waals surface area contributed by atoms with Crippen LogP contribution in [0.4, 0.5) is 19.0 Å². The predicted molar refractivity (Wildman–Crippen MR) is 85.2 cm³/mol. The maximum absolute atomic E-state index is 12.6. The first-order chi connectivity index (χ1) is 12.0. The van der Waals surface area contributed by atoms with Gasteiger partial charge in [-0.1, -0.05) is 6.42 Å². The van der Waals surface area contributed by atoms with E-state index in [9.17, 15) is 26.4 Å². The van der Waals surface area contributed by atoms with Crippen molar-refractivity contribution in [2.75, 3.05) is 4.72 Å². The van der Waals surface area contributed by atoms with Gasteiger partial charge in [-0.25, -0.2) is 13.2 Å². The number of nitrogens with zero attached hydrogens (tertiary/aromatic N) is 4. The fourth-order valence-electron chi connectivity index (χ4n) is 2.65. The van der Waals surface area contributed by atoms with Crippen LogP contribution in [-0.4, -0.2) is 33.9 Å². The molecule has 0 radical (unpaired) electrons. The lowest BCUT2D eigenvalue weighted by atomic mass is 9.83. The molecule has 0 aromatic carbocycles. The van der Waals surface area contributed by atoms with Gasteiger partial charge in [-0.3, -0.25) is 14.0 Å². The Morgan fingerprint density at radius 3 is 2.58 bits per heavy atom. The molecule has 0 bridgehead atoms. The van der Waals surface area contributed by atoms with Crippen LogP contribution >= 0.6 is 0 Å². The fourth-order valence-corrected chi connectivity index (χ4v) is 3.92. The van der Waals surface area contributed by atoms with E-state index in [1.165, 1.54) is 10.9 Å². The van der Waals surface area contributed by atoms with Crippen molar-refractivity contribution in [1.82, 2.24) is 19.3 Å². The number of nitrogens with one attached hydrogen (secondary N) is 1. The molecule has 1 N–H and O–H groups in total. The Labute approximate surface area is 146 Å². The van der Waals surface area contributed by atoms with Gasteiger partial charge >= 0.3 is 11.9 Å². The summed E-state index contributed by atoms with van der Waals surface area (Å²) < 4.78 is 66.2. The third kappa shape index (κ3) is 3.89. The quantitative estimate of drug-likeness (QED) is 0.835. The summed E-state index contributed by atoms with van der Waals surface area (Å²) in [6, 6.07) is 1.00. The maximum atomic E-state index is 12.6. The van der Waals surface area contributed by atoms with Gasteiger partial charge in [-0.05, 0) is 18.9 Å². The third-order valence-electron chi connectivity index (χ3n) is 4.07. The van der Waals surface area contributed by atoms with Gasteiger partial charge in [-0.15, -0.1) is 0 Å². The Kier molecular flexibility index (Phi) is 4.54. The first kappa shape index (κ1) is 18.4. The van der Waals surface area contributed by atoms with Crippen LogP contribution in [0.3, 0.4) is 0 Å². The molecule has 0 saturated heterocycles. The zero-order chi connectivity index (χ0) is 19.1. The average Bonchev–Trinajstić information content (AvgIpc) is 2.81. The van der Waals surface area contributed by atoms with Gasteiger partial charge in [0.25, 0.3) is 10.0 Å². The number of alkyl halides is 3. The van der Waals surface area contributed by atoms with Crippen molar-refractivity contribution in [1.29, 1.82) is 0 Å². The largest absolute Gasteiger partial charge is 0.406 e. The monoisotopic (exact) mass is 391 g/mol. The minimum Gasteiger partial charge on any atom is -0.290 e. The highest BCUT2D eigenvalue weighted by molar-refractivity contribution is 7.92. The molecule has 26 heavy (non-hydrogen) atoms. The van der Waals surface area contributed by atoms with Crippen molar-refractivity contribution in [2.45, 2.75) is 42.8 Å². The minimum atomic E-state index is -4.58. The third-order valence-corrected chi connectivity index (χ3v) is 5.44. The molecule has 0 atom stereocenters. The Hall–Kier alpha value is -2.37. The van der Waals surface area contributed by atoms with E-state index >= 15 is 0 Å². The second-order valence-corrected chi connectivity index (χ2v) is 7.77. The first-order valence-corrected chi connectivity index (χ1v) is 9.24. The van der Waals surface area contributed by atoms with Crippen LogP contribution < -0.4 is 10.4 Å². The Morgan fingerprint density at radius 1 is 1.35 bits per heavy atom. The molecule has 0 aliphatic heterocycles. The SMILES string of the molecule is Cn1cc(S(=O)(=O)Nc2ccn(CC(F)(F)F)c(=O)n2)c(C2CCC2)n1. The van der Waals surface area contributed by atoms with Crippen LogP contribution in [0.2, 0.25) is 0 Å². The molecule has 2 aromatic heterocycles. The van der Waals surface area contributed by atoms with Crippen LogP contribution in [0, 0.1) is 0 Å². The average molecular weight is 391 g/mol. The van der Waals surface area contributed by atoms with Crippen molar-refractivity contribution in [2.24, 2.45) is 7.05 Å². The van der Waals surface area contributed by atoms with E-state index < -0.39 is 28.4 Å². The van der Waals surface area contributed by atoms with Crippen molar-refractivity contribution in [3.8, 4) is 0 Å². The van der Waals surface area contributed by atoms with Crippen molar-refractivity contribution >= 4 is 15.8 Å². The zero-order valence-corrected chi connectivity index (χ0v) is 14.5. The highest BCUT2D eigenvalue weighted by atomic mass is 32.2. The second-order valence-electron chi connectivity index (χ2n) is 6.12. The number of anilines is 1. The minimum absolute atomic E-state index is 0.0222. The summed E-state index contributed by atoms with van der Waals surface area (Å²) in [7, 11) is -2.48. The lowest BCUT2D eigenvalue weighted by molar-refractivity contribution is -0.141. The Morgan fingerprint density at radius 2 is 2.04 bits per heavy atom. The van der Waals surface area contributed by atoms with Gasteiger partial charge in [0.15, 0.2) is 0 Å². The van der Waals surface area contributed by atoms with Gasteiger partial charge < -0.3 is 0 Å². The van der Waals surface area contributed by atoms with Crippen LogP contribution in [0.15, 0.2) is 28.2 Å². The van der Waals surface area contributed by atoms with Crippen molar-refractivity contribution < 1.29 is 21.6 Å². The molecule has 2 heterocycles. The van der Waals surface area contributed by atoms with Crippen LogP contribution in [0.1, 0.15) is 30.9 Å². The molecule has 1 aliphatic carbocycles. The van der Waals surface area contributed by atoms with Gasteiger partial charge in [0.1, 0.15) is 17.3 Å². The first-order valence-electron chi connectivity index (χ1n) is 7.76. The molecule has 0 spiro atoms. The zero-order valence-electron chi connectivity index (χ0n) is 13.7.